The van der Waals surface area contributed by atoms with E-state index in [0.29, 0.717) is 23.5 Å². The zero-order valence-electron chi connectivity index (χ0n) is 12.8. The summed E-state index contributed by atoms with van der Waals surface area (Å²) >= 11 is 1.52. The number of benzene rings is 1. The number of sulfonamides is 1. The third-order valence-corrected chi connectivity index (χ3v) is 5.21. The van der Waals surface area contributed by atoms with Crippen molar-refractivity contribution in [3.63, 3.8) is 0 Å². The average molecular weight is 354 g/mol. The molecule has 1 heterocycles. The van der Waals surface area contributed by atoms with Gasteiger partial charge >= 0.3 is 0 Å². The molecular formula is C15H18N2O4S2. The maximum absolute atomic E-state index is 12.0. The molecule has 0 bridgehead atoms. The lowest BCUT2D eigenvalue weighted by Gasteiger charge is -2.13. The molecule has 2 N–H and O–H groups in total. The van der Waals surface area contributed by atoms with E-state index >= 15 is 0 Å². The van der Waals surface area contributed by atoms with Crippen LogP contribution in [0.5, 0.6) is 5.75 Å². The number of amides is 1. The molecule has 0 saturated heterocycles. The molecule has 0 atom stereocenters. The number of anilines is 2. The van der Waals surface area contributed by atoms with Gasteiger partial charge in [0, 0.05) is 16.6 Å². The molecule has 0 fully saturated rings. The van der Waals surface area contributed by atoms with Crippen LogP contribution >= 0.6 is 11.3 Å². The first kappa shape index (κ1) is 17.3. The van der Waals surface area contributed by atoms with Crippen LogP contribution in [0, 0.1) is 0 Å². The van der Waals surface area contributed by atoms with Crippen LogP contribution in [0.15, 0.2) is 35.7 Å². The second kappa shape index (κ2) is 7.47. The van der Waals surface area contributed by atoms with E-state index in [9.17, 15) is 13.2 Å². The van der Waals surface area contributed by atoms with Crippen molar-refractivity contribution in [2.24, 2.45) is 0 Å². The van der Waals surface area contributed by atoms with Crippen molar-refractivity contribution in [2.45, 2.75) is 13.3 Å². The van der Waals surface area contributed by atoms with E-state index in [1.807, 2.05) is 17.5 Å². The first-order valence-corrected chi connectivity index (χ1v) is 9.47. The molecule has 0 aliphatic heterocycles. The maximum atomic E-state index is 12.0. The van der Waals surface area contributed by atoms with Gasteiger partial charge in [-0.1, -0.05) is 6.07 Å². The maximum Gasteiger partial charge on any atom is 0.232 e. The van der Waals surface area contributed by atoms with E-state index in [2.05, 4.69) is 10.0 Å². The van der Waals surface area contributed by atoms with E-state index in [1.165, 1.54) is 18.4 Å². The molecule has 1 aromatic carbocycles. The van der Waals surface area contributed by atoms with Crippen LogP contribution in [0.25, 0.3) is 0 Å². The summed E-state index contributed by atoms with van der Waals surface area (Å²) in [5.41, 5.74) is 0.883. The van der Waals surface area contributed by atoms with Crippen LogP contribution in [-0.2, 0) is 21.2 Å². The minimum atomic E-state index is -3.39. The highest BCUT2D eigenvalue weighted by Crippen LogP contribution is 2.29. The summed E-state index contributed by atoms with van der Waals surface area (Å²) in [5, 5.41) is 4.69. The van der Waals surface area contributed by atoms with Crippen LogP contribution < -0.4 is 14.8 Å². The first-order valence-electron chi connectivity index (χ1n) is 6.94. The van der Waals surface area contributed by atoms with Crippen molar-refractivity contribution >= 4 is 38.6 Å². The summed E-state index contributed by atoms with van der Waals surface area (Å²) in [5.74, 6) is 0.169. The molecule has 8 heteroatoms. The van der Waals surface area contributed by atoms with E-state index in [4.69, 9.17) is 4.74 Å². The molecule has 1 amide bonds. The molecular weight excluding hydrogens is 336 g/mol. The highest BCUT2D eigenvalue weighted by atomic mass is 32.2. The number of hydrogen-bond donors (Lipinski definition) is 2. The molecule has 2 rings (SSSR count). The normalized spacial score (nSPS) is 11.0. The smallest absolute Gasteiger partial charge is 0.232 e. The minimum absolute atomic E-state index is 0.0323. The average Bonchev–Trinajstić information content (AvgIpc) is 3.01. The Morgan fingerprint density at radius 1 is 1.30 bits per heavy atom. The lowest BCUT2D eigenvalue weighted by molar-refractivity contribution is -0.115. The number of nitrogens with one attached hydrogen (secondary N) is 2. The summed E-state index contributed by atoms with van der Waals surface area (Å²) in [4.78, 5) is 13.0. The van der Waals surface area contributed by atoms with Gasteiger partial charge < -0.3 is 10.1 Å². The molecule has 0 aliphatic rings. The fraction of sp³-hybridized carbons (Fsp3) is 0.267. The summed E-state index contributed by atoms with van der Waals surface area (Å²) in [7, 11) is -1.95. The van der Waals surface area contributed by atoms with Crippen LogP contribution in [0.1, 0.15) is 11.8 Å². The van der Waals surface area contributed by atoms with Crippen LogP contribution in [0.2, 0.25) is 0 Å². The SMILES string of the molecule is CCS(=O)(=O)Nc1ccc(NC(=O)Cc2cccs2)cc1OC. The Morgan fingerprint density at radius 2 is 2.09 bits per heavy atom. The van der Waals surface area contributed by atoms with Gasteiger partial charge in [-0.2, -0.15) is 0 Å². The molecule has 1 aromatic heterocycles. The van der Waals surface area contributed by atoms with E-state index in [1.54, 1.807) is 25.1 Å². The largest absolute Gasteiger partial charge is 0.494 e. The van der Waals surface area contributed by atoms with Gasteiger partial charge in [-0.3, -0.25) is 9.52 Å². The van der Waals surface area contributed by atoms with Crippen molar-refractivity contribution in [3.05, 3.63) is 40.6 Å². The molecule has 0 spiro atoms. The molecule has 0 unspecified atom stereocenters. The van der Waals surface area contributed by atoms with Gasteiger partial charge in [-0.05, 0) is 30.5 Å². The zero-order valence-corrected chi connectivity index (χ0v) is 14.5. The highest BCUT2D eigenvalue weighted by Gasteiger charge is 2.13. The molecule has 0 aliphatic carbocycles. The topological polar surface area (TPSA) is 84.5 Å². The number of thiophene rings is 1. The summed E-state index contributed by atoms with van der Waals surface area (Å²) < 4.78 is 30.9. The Bertz CT molecular complexity index is 771. The summed E-state index contributed by atoms with van der Waals surface area (Å²) in [6.07, 6.45) is 0.296. The molecule has 6 nitrogen and oxygen atoms in total. The first-order chi connectivity index (χ1) is 10.9. The Morgan fingerprint density at radius 3 is 2.70 bits per heavy atom. The molecule has 2 aromatic rings. The van der Waals surface area contributed by atoms with Crippen LogP contribution in [-0.4, -0.2) is 27.2 Å². The number of carbonyl (C=O) groups excluding carboxylic acids is 1. The van der Waals surface area contributed by atoms with Gasteiger partial charge in [-0.15, -0.1) is 11.3 Å². The Balaban J connectivity index is 2.10. The summed E-state index contributed by atoms with van der Waals surface area (Å²) in [6, 6.07) is 8.56. The number of rotatable bonds is 7. The number of hydrogen-bond acceptors (Lipinski definition) is 5. The second-order valence-corrected chi connectivity index (χ2v) is 7.77. The Labute approximate surface area is 139 Å². The molecule has 23 heavy (non-hydrogen) atoms. The van der Waals surface area contributed by atoms with Gasteiger partial charge in [-0.25, -0.2) is 8.42 Å². The van der Waals surface area contributed by atoms with Gasteiger partial charge in [0.2, 0.25) is 15.9 Å². The quantitative estimate of drug-likeness (QED) is 0.801. The standard InChI is InChI=1S/C15H18N2O4S2/c1-3-23(19,20)17-13-7-6-11(9-14(13)21-2)16-15(18)10-12-5-4-8-22-12/h4-9,17H,3,10H2,1-2H3,(H,16,18). The number of ether oxygens (including phenoxy) is 1. The van der Waals surface area contributed by atoms with E-state index in [0.717, 1.165) is 4.88 Å². The number of methoxy groups -OCH3 is 1. The predicted molar refractivity (Wildman–Crippen MR) is 92.7 cm³/mol. The highest BCUT2D eigenvalue weighted by molar-refractivity contribution is 7.92. The predicted octanol–water partition coefficient (Wildman–Crippen LogP) is 2.70. The third kappa shape index (κ3) is 4.97. The van der Waals surface area contributed by atoms with Gasteiger partial charge in [0.05, 0.1) is 25.0 Å². The van der Waals surface area contributed by atoms with Crippen molar-refractivity contribution in [1.82, 2.24) is 0 Å². The van der Waals surface area contributed by atoms with Crippen molar-refractivity contribution in [1.29, 1.82) is 0 Å². The van der Waals surface area contributed by atoms with E-state index < -0.39 is 10.0 Å². The van der Waals surface area contributed by atoms with Gasteiger partial charge in [0.25, 0.3) is 0 Å². The monoisotopic (exact) mass is 354 g/mol. The van der Waals surface area contributed by atoms with Crippen LogP contribution in [0.3, 0.4) is 0 Å². The fourth-order valence-corrected chi connectivity index (χ4v) is 3.22. The van der Waals surface area contributed by atoms with Crippen molar-refractivity contribution in [2.75, 3.05) is 22.9 Å². The Hall–Kier alpha value is -2.06. The minimum Gasteiger partial charge on any atom is -0.494 e. The van der Waals surface area contributed by atoms with Gasteiger partial charge in [0.15, 0.2) is 0 Å². The molecule has 0 saturated carbocycles. The van der Waals surface area contributed by atoms with E-state index in [-0.39, 0.29) is 11.7 Å². The van der Waals surface area contributed by atoms with Crippen LogP contribution in [0.4, 0.5) is 11.4 Å². The lowest BCUT2D eigenvalue weighted by Crippen LogP contribution is -2.16. The summed E-state index contributed by atoms with van der Waals surface area (Å²) in [6.45, 7) is 1.55. The van der Waals surface area contributed by atoms with Gasteiger partial charge in [0.1, 0.15) is 5.75 Å². The number of carbonyl (C=O) groups is 1. The molecule has 0 radical (unpaired) electrons. The Kier molecular flexibility index (Phi) is 5.62. The van der Waals surface area contributed by atoms with Crippen molar-refractivity contribution in [3.8, 4) is 5.75 Å². The fourth-order valence-electron chi connectivity index (χ4n) is 1.87. The third-order valence-electron chi connectivity index (χ3n) is 3.05. The molecule has 124 valence electrons. The zero-order chi connectivity index (χ0) is 16.9. The second-order valence-electron chi connectivity index (χ2n) is 4.72. The lowest BCUT2D eigenvalue weighted by atomic mass is 10.2. The van der Waals surface area contributed by atoms with Crippen molar-refractivity contribution < 1.29 is 17.9 Å².